The zero-order valence-electron chi connectivity index (χ0n) is 15.7. The van der Waals surface area contributed by atoms with E-state index in [4.69, 9.17) is 13.9 Å². The third-order valence-corrected chi connectivity index (χ3v) is 9.69. The molecule has 1 saturated heterocycles. The van der Waals surface area contributed by atoms with Crippen molar-refractivity contribution in [2.45, 2.75) is 51.2 Å². The van der Waals surface area contributed by atoms with Crippen molar-refractivity contribution in [3.05, 3.63) is 48.2 Å². The molecular weight excluding hydrogens is 334 g/mol. The average molecular weight is 364 g/mol. The lowest BCUT2D eigenvalue weighted by Gasteiger charge is -2.36. The molecule has 2 rings (SSSR count). The molecule has 25 heavy (non-hydrogen) atoms. The predicted molar refractivity (Wildman–Crippen MR) is 101 cm³/mol. The summed E-state index contributed by atoms with van der Waals surface area (Å²) in [6, 6.07) is 12.6. The number of carbonyl (C=O) groups is 1. The molecule has 0 bridgehead atoms. The Morgan fingerprint density at radius 3 is 2.40 bits per heavy atom. The van der Waals surface area contributed by atoms with Gasteiger partial charge in [-0.1, -0.05) is 57.7 Å². The highest BCUT2D eigenvalue weighted by atomic mass is 28.4. The van der Waals surface area contributed by atoms with Gasteiger partial charge in [-0.25, -0.2) is 4.79 Å². The number of hydrogen-bond acceptors (Lipinski definition) is 4. The summed E-state index contributed by atoms with van der Waals surface area (Å²) in [5.74, 6) is 0.500. The minimum Gasteiger partial charge on any atom is -0.544 e. The van der Waals surface area contributed by atoms with Crippen molar-refractivity contribution < 1.29 is 18.7 Å². The summed E-state index contributed by atoms with van der Waals surface area (Å²) in [6.07, 6.45) is -1.06. The molecule has 0 spiro atoms. The molecule has 1 aromatic carbocycles. The first-order chi connectivity index (χ1) is 12.0. The first-order valence-corrected chi connectivity index (χ1v) is 11.5. The maximum Gasteiger partial charge on any atom is 0.412 e. The van der Waals surface area contributed by atoms with Crippen LogP contribution in [0.5, 0.6) is 0 Å². The first kappa shape index (κ1) is 19.5. The lowest BCUT2D eigenvalue weighted by molar-refractivity contribution is -0.0145. The van der Waals surface area contributed by atoms with Crippen molar-refractivity contribution in [2.24, 2.45) is 0 Å². The molecular formula is C19H29NO4Si. The van der Waals surface area contributed by atoms with Gasteiger partial charge in [0.15, 0.2) is 6.23 Å². The second-order valence-corrected chi connectivity index (χ2v) is 11.0. The molecule has 1 heterocycles. The maximum atomic E-state index is 12.4. The fraction of sp³-hybridized carbons (Fsp3) is 0.526. The zero-order chi connectivity index (χ0) is 18.4. The maximum absolute atomic E-state index is 12.4. The standard InChI is InChI=1S/C19H29NO4Si/c1-6-25(7-2,8-3)24-15(4)18(22-5)20-17(14-23-19(20)21)16-12-10-9-11-13-16/h9-13,17-18H,4,6-8,14H2,1-3,5H3/t17-,18+/m0/s1. The Morgan fingerprint density at radius 1 is 1.28 bits per heavy atom. The van der Waals surface area contributed by atoms with E-state index in [1.54, 1.807) is 12.0 Å². The highest BCUT2D eigenvalue weighted by Crippen LogP contribution is 2.34. The quantitative estimate of drug-likeness (QED) is 0.472. The first-order valence-electron chi connectivity index (χ1n) is 8.92. The molecule has 138 valence electrons. The van der Waals surface area contributed by atoms with E-state index in [0.717, 1.165) is 23.7 Å². The minimum atomic E-state index is -1.89. The topological polar surface area (TPSA) is 48.0 Å². The smallest absolute Gasteiger partial charge is 0.412 e. The summed E-state index contributed by atoms with van der Waals surface area (Å²) in [6.45, 7) is 10.9. The van der Waals surface area contributed by atoms with Crippen molar-refractivity contribution in [1.29, 1.82) is 0 Å². The zero-order valence-corrected chi connectivity index (χ0v) is 16.7. The van der Waals surface area contributed by atoms with Gasteiger partial charge >= 0.3 is 6.09 Å². The van der Waals surface area contributed by atoms with E-state index in [0.29, 0.717) is 12.4 Å². The Labute approximate surface area is 151 Å². The van der Waals surface area contributed by atoms with Crippen LogP contribution in [0.15, 0.2) is 42.7 Å². The minimum absolute atomic E-state index is 0.208. The molecule has 1 aromatic rings. The van der Waals surface area contributed by atoms with Gasteiger partial charge in [-0.15, -0.1) is 0 Å². The number of rotatable bonds is 9. The van der Waals surface area contributed by atoms with Crippen LogP contribution >= 0.6 is 0 Å². The molecule has 1 aliphatic rings. The van der Waals surface area contributed by atoms with Crippen LogP contribution in [0.4, 0.5) is 4.79 Å². The Balaban J connectivity index is 2.25. The number of benzene rings is 1. The van der Waals surface area contributed by atoms with Crippen LogP contribution in [-0.4, -0.2) is 39.3 Å². The van der Waals surface area contributed by atoms with Gasteiger partial charge in [0.1, 0.15) is 12.4 Å². The molecule has 5 nitrogen and oxygen atoms in total. The summed E-state index contributed by atoms with van der Waals surface area (Å²) < 4.78 is 17.3. The van der Waals surface area contributed by atoms with Crippen molar-refractivity contribution in [2.75, 3.05) is 13.7 Å². The van der Waals surface area contributed by atoms with Gasteiger partial charge in [0.05, 0.1) is 6.04 Å². The van der Waals surface area contributed by atoms with Gasteiger partial charge in [0.25, 0.3) is 0 Å². The van der Waals surface area contributed by atoms with Crippen molar-refractivity contribution in [3.8, 4) is 0 Å². The predicted octanol–water partition coefficient (Wildman–Crippen LogP) is 4.69. The van der Waals surface area contributed by atoms with E-state index in [-0.39, 0.29) is 6.04 Å². The van der Waals surface area contributed by atoms with Crippen LogP contribution in [0.2, 0.25) is 18.1 Å². The highest BCUT2D eigenvalue weighted by Gasteiger charge is 2.42. The van der Waals surface area contributed by atoms with Gasteiger partial charge in [-0.2, -0.15) is 0 Å². The summed E-state index contributed by atoms with van der Waals surface area (Å²) in [5.41, 5.74) is 1.01. The second kappa shape index (κ2) is 8.54. The molecule has 0 radical (unpaired) electrons. The van der Waals surface area contributed by atoms with Crippen LogP contribution in [0.3, 0.4) is 0 Å². The molecule has 1 aliphatic heterocycles. The van der Waals surface area contributed by atoms with E-state index in [2.05, 4.69) is 27.4 Å². The molecule has 0 unspecified atom stereocenters. The van der Waals surface area contributed by atoms with Gasteiger partial charge < -0.3 is 13.9 Å². The van der Waals surface area contributed by atoms with Crippen molar-refractivity contribution in [1.82, 2.24) is 4.90 Å². The summed E-state index contributed by atoms with van der Waals surface area (Å²) in [7, 11) is -0.323. The Bertz CT molecular complexity index is 580. The van der Waals surface area contributed by atoms with Crippen molar-refractivity contribution in [3.63, 3.8) is 0 Å². The van der Waals surface area contributed by atoms with Gasteiger partial charge in [0.2, 0.25) is 8.32 Å². The molecule has 2 atom stereocenters. The number of nitrogens with zero attached hydrogens (tertiary/aromatic N) is 1. The summed E-state index contributed by atoms with van der Waals surface area (Å²) >= 11 is 0. The normalized spacial score (nSPS) is 18.8. The van der Waals surface area contributed by atoms with Gasteiger partial charge in [0, 0.05) is 7.11 Å². The van der Waals surface area contributed by atoms with Crippen LogP contribution in [0, 0.1) is 0 Å². The van der Waals surface area contributed by atoms with Crippen LogP contribution in [0.25, 0.3) is 0 Å². The average Bonchev–Trinajstić information content (AvgIpc) is 3.03. The highest BCUT2D eigenvalue weighted by molar-refractivity contribution is 6.73. The fourth-order valence-corrected chi connectivity index (χ4v) is 5.91. The van der Waals surface area contributed by atoms with E-state index in [1.807, 2.05) is 30.3 Å². The van der Waals surface area contributed by atoms with Crippen LogP contribution < -0.4 is 0 Å². The summed E-state index contributed by atoms with van der Waals surface area (Å²) in [5, 5.41) is 0. The largest absolute Gasteiger partial charge is 0.544 e. The monoisotopic (exact) mass is 363 g/mol. The molecule has 1 amide bonds. The molecule has 0 aromatic heterocycles. The van der Waals surface area contributed by atoms with Crippen LogP contribution in [-0.2, 0) is 13.9 Å². The third kappa shape index (κ3) is 4.07. The Hall–Kier alpha value is -1.79. The number of cyclic esters (lactones) is 1. The van der Waals surface area contributed by atoms with Crippen molar-refractivity contribution >= 4 is 14.4 Å². The number of amides is 1. The van der Waals surface area contributed by atoms with E-state index >= 15 is 0 Å². The van der Waals surface area contributed by atoms with E-state index in [1.165, 1.54) is 0 Å². The molecule has 0 aliphatic carbocycles. The Kier molecular flexibility index (Phi) is 6.67. The summed E-state index contributed by atoms with van der Waals surface area (Å²) in [4.78, 5) is 14.0. The van der Waals surface area contributed by atoms with E-state index < -0.39 is 20.6 Å². The molecule has 6 heteroatoms. The lowest BCUT2D eigenvalue weighted by Crippen LogP contribution is -2.44. The molecule has 0 saturated carbocycles. The number of methoxy groups -OCH3 is 1. The molecule has 0 N–H and O–H groups in total. The number of carbonyl (C=O) groups excluding carboxylic acids is 1. The SMILES string of the molecule is C=C(O[Si](CC)(CC)CC)[C@@H](OC)N1C(=O)OC[C@H]1c1ccccc1. The van der Waals surface area contributed by atoms with Gasteiger partial charge in [-0.05, 0) is 23.7 Å². The number of hydrogen-bond donors (Lipinski definition) is 0. The third-order valence-electron chi connectivity index (χ3n) is 5.13. The van der Waals surface area contributed by atoms with E-state index in [9.17, 15) is 4.79 Å². The van der Waals surface area contributed by atoms with Crippen LogP contribution in [0.1, 0.15) is 32.4 Å². The number of ether oxygens (including phenoxy) is 2. The lowest BCUT2D eigenvalue weighted by atomic mass is 10.1. The second-order valence-electron chi connectivity index (χ2n) is 6.31. The molecule has 1 fully saturated rings. The Morgan fingerprint density at radius 2 is 1.88 bits per heavy atom. The fourth-order valence-electron chi connectivity index (χ4n) is 3.32. The van der Waals surface area contributed by atoms with Gasteiger partial charge in [-0.3, -0.25) is 4.90 Å².